The van der Waals surface area contributed by atoms with Crippen molar-refractivity contribution in [3.8, 4) is 0 Å². The van der Waals surface area contributed by atoms with Gasteiger partial charge in [-0.1, -0.05) is 0 Å². The molecule has 2 heterocycles. The zero-order chi connectivity index (χ0) is 12.4. The van der Waals surface area contributed by atoms with E-state index >= 15 is 0 Å². The SMILES string of the molecule is CC(C)(C)OC(=O)N1C(=O)[C@@H]2C[C@H]3O[C@H]3C[C@@H]21. The molecule has 0 aromatic rings. The molecule has 0 aromatic heterocycles. The minimum Gasteiger partial charge on any atom is -0.443 e. The van der Waals surface area contributed by atoms with Gasteiger partial charge in [0.2, 0.25) is 5.91 Å². The molecule has 94 valence electrons. The highest BCUT2D eigenvalue weighted by atomic mass is 16.6. The molecule has 0 unspecified atom stereocenters. The Morgan fingerprint density at radius 3 is 2.65 bits per heavy atom. The molecule has 0 bridgehead atoms. The molecule has 2 amide bonds. The van der Waals surface area contributed by atoms with Gasteiger partial charge >= 0.3 is 6.09 Å². The first-order chi connectivity index (χ1) is 7.87. The molecule has 2 aliphatic heterocycles. The lowest BCUT2D eigenvalue weighted by atomic mass is 9.76. The molecule has 5 heteroatoms. The van der Waals surface area contributed by atoms with Gasteiger partial charge in [0, 0.05) is 0 Å². The van der Waals surface area contributed by atoms with Gasteiger partial charge in [-0.05, 0) is 33.6 Å². The number of carbonyl (C=O) groups is 2. The highest BCUT2D eigenvalue weighted by Crippen LogP contribution is 2.47. The summed E-state index contributed by atoms with van der Waals surface area (Å²) in [6.07, 6.45) is 1.56. The topological polar surface area (TPSA) is 59.1 Å². The third kappa shape index (κ3) is 1.73. The Labute approximate surface area is 100 Å². The molecule has 1 saturated carbocycles. The number of fused-ring (bicyclic) bond motifs is 2. The molecular formula is C12H17NO4. The van der Waals surface area contributed by atoms with Crippen molar-refractivity contribution in [2.24, 2.45) is 5.92 Å². The van der Waals surface area contributed by atoms with Crippen LogP contribution < -0.4 is 0 Å². The molecule has 5 nitrogen and oxygen atoms in total. The lowest BCUT2D eigenvalue weighted by Gasteiger charge is -2.46. The predicted octanol–water partition coefficient (Wildman–Crippen LogP) is 1.31. The fourth-order valence-corrected chi connectivity index (χ4v) is 2.75. The highest BCUT2D eigenvalue weighted by molar-refractivity contribution is 5.99. The molecular weight excluding hydrogens is 222 g/mol. The summed E-state index contributed by atoms with van der Waals surface area (Å²) in [6, 6.07) is 0.00102. The van der Waals surface area contributed by atoms with Gasteiger partial charge in [-0.15, -0.1) is 0 Å². The van der Waals surface area contributed by atoms with Gasteiger partial charge in [0.05, 0.1) is 24.2 Å². The van der Waals surface area contributed by atoms with E-state index in [0.717, 1.165) is 12.8 Å². The number of rotatable bonds is 0. The minimum atomic E-state index is -0.560. The van der Waals surface area contributed by atoms with Crippen LogP contribution in [0.15, 0.2) is 0 Å². The predicted molar refractivity (Wildman–Crippen MR) is 58.3 cm³/mol. The first kappa shape index (κ1) is 11.0. The van der Waals surface area contributed by atoms with Gasteiger partial charge in [-0.25, -0.2) is 9.69 Å². The zero-order valence-electron chi connectivity index (χ0n) is 10.3. The monoisotopic (exact) mass is 239 g/mol. The van der Waals surface area contributed by atoms with Crippen molar-refractivity contribution in [2.75, 3.05) is 0 Å². The maximum Gasteiger partial charge on any atom is 0.417 e. The van der Waals surface area contributed by atoms with Crippen molar-refractivity contribution in [1.82, 2.24) is 4.90 Å². The van der Waals surface area contributed by atoms with Crippen molar-refractivity contribution in [1.29, 1.82) is 0 Å². The fraction of sp³-hybridized carbons (Fsp3) is 0.833. The molecule has 3 fully saturated rings. The minimum absolute atomic E-state index is 0.00102. The second kappa shape index (κ2) is 3.22. The van der Waals surface area contributed by atoms with Crippen LogP contribution >= 0.6 is 0 Å². The third-order valence-corrected chi connectivity index (χ3v) is 3.59. The fourth-order valence-electron chi connectivity index (χ4n) is 2.75. The van der Waals surface area contributed by atoms with Crippen molar-refractivity contribution >= 4 is 12.0 Å². The van der Waals surface area contributed by atoms with E-state index in [1.165, 1.54) is 4.90 Å². The number of ether oxygens (including phenoxy) is 2. The largest absolute Gasteiger partial charge is 0.443 e. The quantitative estimate of drug-likeness (QED) is 0.472. The molecule has 0 N–H and O–H groups in total. The van der Waals surface area contributed by atoms with Crippen molar-refractivity contribution in [2.45, 2.75) is 57.5 Å². The summed E-state index contributed by atoms with van der Waals surface area (Å²) in [5.74, 6) is -0.121. The Kier molecular flexibility index (Phi) is 2.09. The number of hydrogen-bond donors (Lipinski definition) is 0. The van der Waals surface area contributed by atoms with Crippen LogP contribution in [0.1, 0.15) is 33.6 Å². The summed E-state index contributed by atoms with van der Waals surface area (Å²) in [7, 11) is 0. The van der Waals surface area contributed by atoms with Crippen LogP contribution in [0.4, 0.5) is 4.79 Å². The molecule has 1 aliphatic carbocycles. The van der Waals surface area contributed by atoms with Gasteiger partial charge < -0.3 is 9.47 Å². The van der Waals surface area contributed by atoms with E-state index in [1.54, 1.807) is 20.8 Å². The summed E-state index contributed by atoms with van der Waals surface area (Å²) in [5, 5.41) is 0. The van der Waals surface area contributed by atoms with Crippen molar-refractivity contribution in [3.05, 3.63) is 0 Å². The number of amides is 2. The maximum atomic E-state index is 11.9. The second-order valence-corrected chi connectivity index (χ2v) is 6.05. The summed E-state index contributed by atoms with van der Waals surface area (Å²) in [6.45, 7) is 5.40. The number of carbonyl (C=O) groups excluding carboxylic acids is 2. The molecule has 0 aromatic carbocycles. The second-order valence-electron chi connectivity index (χ2n) is 6.05. The summed E-state index contributed by atoms with van der Waals surface area (Å²) >= 11 is 0. The van der Waals surface area contributed by atoms with E-state index in [2.05, 4.69) is 0 Å². The van der Waals surface area contributed by atoms with E-state index in [1.807, 2.05) is 0 Å². The Balaban J connectivity index is 1.68. The Morgan fingerprint density at radius 1 is 1.35 bits per heavy atom. The van der Waals surface area contributed by atoms with Gasteiger partial charge in [0.25, 0.3) is 0 Å². The standard InChI is InChI=1S/C12H17NO4/c1-12(2,3)17-11(15)13-7-5-9-8(16-9)4-6(7)10(13)14/h6-9H,4-5H2,1-3H3/t6-,7+,8-,9+/m1/s1. The van der Waals surface area contributed by atoms with Gasteiger partial charge in [-0.2, -0.15) is 0 Å². The lowest BCUT2D eigenvalue weighted by molar-refractivity contribution is -0.155. The van der Waals surface area contributed by atoms with Crippen LogP contribution in [0.25, 0.3) is 0 Å². The zero-order valence-corrected chi connectivity index (χ0v) is 10.3. The smallest absolute Gasteiger partial charge is 0.417 e. The number of hydrogen-bond acceptors (Lipinski definition) is 4. The van der Waals surface area contributed by atoms with E-state index < -0.39 is 11.7 Å². The van der Waals surface area contributed by atoms with E-state index in [4.69, 9.17) is 9.47 Å². The van der Waals surface area contributed by atoms with Crippen LogP contribution in [0.2, 0.25) is 0 Å². The van der Waals surface area contributed by atoms with Crippen LogP contribution in [-0.2, 0) is 14.3 Å². The number of epoxide rings is 1. The van der Waals surface area contributed by atoms with Crippen molar-refractivity contribution < 1.29 is 19.1 Å². The number of β-lactam (4-membered cyclic amide) rings is 1. The lowest BCUT2D eigenvalue weighted by Crippen LogP contribution is -2.65. The van der Waals surface area contributed by atoms with E-state index in [-0.39, 0.29) is 30.1 Å². The average molecular weight is 239 g/mol. The van der Waals surface area contributed by atoms with Crippen LogP contribution in [0.5, 0.6) is 0 Å². The van der Waals surface area contributed by atoms with Crippen molar-refractivity contribution in [3.63, 3.8) is 0 Å². The molecule has 2 saturated heterocycles. The average Bonchev–Trinajstić information content (AvgIpc) is 2.91. The normalized spacial score (nSPS) is 39.0. The third-order valence-electron chi connectivity index (χ3n) is 3.59. The van der Waals surface area contributed by atoms with Crippen LogP contribution in [0.3, 0.4) is 0 Å². The molecule has 17 heavy (non-hydrogen) atoms. The Morgan fingerprint density at radius 2 is 2.00 bits per heavy atom. The molecule has 0 radical (unpaired) electrons. The molecule has 3 rings (SSSR count). The molecule has 4 atom stereocenters. The number of nitrogens with zero attached hydrogens (tertiary/aromatic N) is 1. The van der Waals surface area contributed by atoms with Gasteiger partial charge in [-0.3, -0.25) is 4.79 Å². The maximum absolute atomic E-state index is 11.9. The number of imide groups is 1. The van der Waals surface area contributed by atoms with Crippen LogP contribution in [0, 0.1) is 5.92 Å². The first-order valence-corrected chi connectivity index (χ1v) is 6.08. The van der Waals surface area contributed by atoms with Gasteiger partial charge in [0.1, 0.15) is 5.60 Å². The highest BCUT2D eigenvalue weighted by Gasteiger charge is 2.61. The summed E-state index contributed by atoms with van der Waals surface area (Å²) < 4.78 is 10.6. The molecule has 0 spiro atoms. The van der Waals surface area contributed by atoms with E-state index in [9.17, 15) is 9.59 Å². The summed E-state index contributed by atoms with van der Waals surface area (Å²) in [5.41, 5.74) is -0.560. The van der Waals surface area contributed by atoms with Gasteiger partial charge in [0.15, 0.2) is 0 Å². The van der Waals surface area contributed by atoms with E-state index in [0.29, 0.717) is 0 Å². The Hall–Kier alpha value is -1.10. The van der Waals surface area contributed by atoms with Crippen LogP contribution in [-0.4, -0.2) is 40.8 Å². The summed E-state index contributed by atoms with van der Waals surface area (Å²) in [4.78, 5) is 25.0. The Bertz CT molecular complexity index is 386. The number of likely N-dealkylation sites (tertiary alicyclic amines) is 1. The first-order valence-electron chi connectivity index (χ1n) is 6.08. The molecule has 3 aliphatic rings.